The van der Waals surface area contributed by atoms with Crippen LogP contribution in [0.25, 0.3) is 0 Å². The van der Waals surface area contributed by atoms with Crippen LogP contribution in [-0.2, 0) is 4.79 Å². The molecule has 0 aliphatic heterocycles. The van der Waals surface area contributed by atoms with Crippen molar-refractivity contribution in [1.82, 2.24) is 5.32 Å². The van der Waals surface area contributed by atoms with Crippen LogP contribution in [0.2, 0.25) is 0 Å². The molecule has 1 aliphatic carbocycles. The number of anilines is 1. The third-order valence-electron chi connectivity index (χ3n) is 3.35. The maximum absolute atomic E-state index is 11.8. The fourth-order valence-corrected chi connectivity index (χ4v) is 2.28. The Morgan fingerprint density at radius 1 is 1.37 bits per heavy atom. The van der Waals surface area contributed by atoms with E-state index in [1.165, 1.54) is 0 Å². The topological polar surface area (TPSA) is 84.6 Å². The van der Waals surface area contributed by atoms with E-state index in [0.717, 1.165) is 25.7 Å². The molecule has 1 saturated carbocycles. The van der Waals surface area contributed by atoms with Gasteiger partial charge in [-0.3, -0.25) is 4.79 Å². The van der Waals surface area contributed by atoms with E-state index in [1.807, 2.05) is 0 Å². The van der Waals surface area contributed by atoms with Crippen molar-refractivity contribution in [2.45, 2.75) is 37.8 Å². The Hall–Kier alpha value is -1.75. The molecule has 19 heavy (non-hydrogen) atoms. The van der Waals surface area contributed by atoms with E-state index < -0.39 is 6.10 Å². The molecule has 0 saturated heterocycles. The highest BCUT2D eigenvalue weighted by Crippen LogP contribution is 2.20. The van der Waals surface area contributed by atoms with E-state index in [1.54, 1.807) is 24.3 Å². The van der Waals surface area contributed by atoms with Gasteiger partial charge in [-0.05, 0) is 25.0 Å². The number of carbonyl (C=O) groups excluding carboxylic acids is 1. The van der Waals surface area contributed by atoms with Gasteiger partial charge in [0.05, 0.1) is 17.8 Å². The number of benzene rings is 1. The van der Waals surface area contributed by atoms with Gasteiger partial charge >= 0.3 is 0 Å². The van der Waals surface area contributed by atoms with Gasteiger partial charge in [-0.2, -0.15) is 0 Å². The lowest BCUT2D eigenvalue weighted by molar-refractivity contribution is -0.125. The van der Waals surface area contributed by atoms with Crippen molar-refractivity contribution in [2.24, 2.45) is 0 Å². The van der Waals surface area contributed by atoms with Crippen LogP contribution in [0.1, 0.15) is 25.7 Å². The third-order valence-corrected chi connectivity index (χ3v) is 3.35. The van der Waals surface area contributed by atoms with Crippen molar-refractivity contribution in [1.29, 1.82) is 0 Å². The summed E-state index contributed by atoms with van der Waals surface area (Å²) in [6.07, 6.45) is 3.18. The number of amides is 1. The second-order valence-electron chi connectivity index (χ2n) is 4.85. The van der Waals surface area contributed by atoms with Crippen molar-refractivity contribution in [2.75, 3.05) is 12.3 Å². The Morgan fingerprint density at radius 3 is 2.84 bits per heavy atom. The van der Waals surface area contributed by atoms with Crippen molar-refractivity contribution >= 4 is 11.6 Å². The Kier molecular flexibility index (Phi) is 4.63. The maximum atomic E-state index is 11.8. The molecule has 1 fully saturated rings. The lowest BCUT2D eigenvalue weighted by atomic mass is 9.92. The summed E-state index contributed by atoms with van der Waals surface area (Å²) in [4.78, 5) is 11.8. The third kappa shape index (κ3) is 3.86. The van der Waals surface area contributed by atoms with Crippen LogP contribution in [0, 0.1) is 0 Å². The van der Waals surface area contributed by atoms with Crippen LogP contribution in [0.3, 0.4) is 0 Å². The average molecular weight is 264 g/mol. The van der Waals surface area contributed by atoms with Gasteiger partial charge < -0.3 is 20.9 Å². The lowest BCUT2D eigenvalue weighted by Gasteiger charge is -2.28. The molecule has 1 amide bonds. The van der Waals surface area contributed by atoms with Crippen LogP contribution in [0.15, 0.2) is 24.3 Å². The summed E-state index contributed by atoms with van der Waals surface area (Å²) in [6.45, 7) is -0.0859. The molecule has 1 aromatic carbocycles. The number of hydrogen-bond donors (Lipinski definition) is 3. The summed E-state index contributed by atoms with van der Waals surface area (Å²) in [7, 11) is 0. The standard InChI is InChI=1S/C14H20N2O3/c15-10-5-1-4-8-13(10)19-9-14(18)16-11-6-2-3-7-12(11)17/h1,4-5,8,11-12,17H,2-3,6-7,9,15H2,(H,16,18)/t11-,12-/m0/s1. The van der Waals surface area contributed by atoms with E-state index in [4.69, 9.17) is 10.5 Å². The SMILES string of the molecule is Nc1ccccc1OCC(=O)N[C@H]1CCCC[C@@H]1O. The van der Waals surface area contributed by atoms with Crippen molar-refractivity contribution in [3.05, 3.63) is 24.3 Å². The number of para-hydroxylation sites is 2. The molecule has 0 heterocycles. The number of nitrogen functional groups attached to an aromatic ring is 1. The molecule has 1 aliphatic rings. The molecule has 5 heteroatoms. The zero-order valence-electron chi connectivity index (χ0n) is 10.8. The van der Waals surface area contributed by atoms with Crippen LogP contribution < -0.4 is 15.8 Å². The molecule has 0 bridgehead atoms. The highest BCUT2D eigenvalue weighted by molar-refractivity contribution is 5.78. The van der Waals surface area contributed by atoms with E-state index in [0.29, 0.717) is 11.4 Å². The van der Waals surface area contributed by atoms with Gasteiger partial charge in [-0.15, -0.1) is 0 Å². The second-order valence-corrected chi connectivity index (χ2v) is 4.85. The molecule has 0 aromatic heterocycles. The molecular formula is C14H20N2O3. The fourth-order valence-electron chi connectivity index (χ4n) is 2.28. The summed E-state index contributed by atoms with van der Waals surface area (Å²) in [5.74, 6) is 0.274. The van der Waals surface area contributed by atoms with Crippen LogP contribution >= 0.6 is 0 Å². The first-order valence-corrected chi connectivity index (χ1v) is 6.61. The molecule has 0 radical (unpaired) electrons. The number of carbonyl (C=O) groups is 1. The number of ether oxygens (including phenoxy) is 1. The lowest BCUT2D eigenvalue weighted by Crippen LogP contribution is -2.46. The molecule has 1 aromatic rings. The van der Waals surface area contributed by atoms with Gasteiger partial charge in [0.25, 0.3) is 5.91 Å². The van der Waals surface area contributed by atoms with Gasteiger partial charge in [-0.1, -0.05) is 25.0 Å². The van der Waals surface area contributed by atoms with E-state index in [2.05, 4.69) is 5.32 Å². The zero-order valence-corrected chi connectivity index (χ0v) is 10.8. The van der Waals surface area contributed by atoms with Crippen LogP contribution in [0.4, 0.5) is 5.69 Å². The predicted octanol–water partition coefficient (Wildman–Crippen LogP) is 1.07. The van der Waals surface area contributed by atoms with E-state index in [-0.39, 0.29) is 18.6 Å². The zero-order chi connectivity index (χ0) is 13.7. The van der Waals surface area contributed by atoms with Crippen molar-refractivity contribution in [3.63, 3.8) is 0 Å². The normalized spacial score (nSPS) is 22.8. The average Bonchev–Trinajstić information content (AvgIpc) is 2.40. The van der Waals surface area contributed by atoms with Crippen molar-refractivity contribution < 1.29 is 14.6 Å². The number of rotatable bonds is 4. The van der Waals surface area contributed by atoms with Crippen LogP contribution in [-0.4, -0.2) is 29.8 Å². The minimum atomic E-state index is -0.445. The first-order chi connectivity index (χ1) is 9.16. The summed E-state index contributed by atoms with van der Waals surface area (Å²) in [6, 6.07) is 6.89. The van der Waals surface area contributed by atoms with Gasteiger partial charge in [-0.25, -0.2) is 0 Å². The molecule has 2 rings (SSSR count). The molecule has 0 unspecified atom stereocenters. The molecule has 0 spiro atoms. The summed E-state index contributed by atoms with van der Waals surface area (Å²) in [5, 5.41) is 12.6. The highest BCUT2D eigenvalue weighted by atomic mass is 16.5. The smallest absolute Gasteiger partial charge is 0.258 e. The maximum Gasteiger partial charge on any atom is 0.258 e. The first-order valence-electron chi connectivity index (χ1n) is 6.61. The quantitative estimate of drug-likeness (QED) is 0.710. The van der Waals surface area contributed by atoms with Gasteiger partial charge in [0.2, 0.25) is 0 Å². The second kappa shape index (κ2) is 6.43. The molecule has 104 valence electrons. The Labute approximate surface area is 112 Å². The predicted molar refractivity (Wildman–Crippen MR) is 72.8 cm³/mol. The number of hydrogen-bond acceptors (Lipinski definition) is 4. The Morgan fingerprint density at radius 2 is 2.11 bits per heavy atom. The number of aliphatic hydroxyl groups is 1. The van der Waals surface area contributed by atoms with E-state index >= 15 is 0 Å². The molecular weight excluding hydrogens is 244 g/mol. The van der Waals surface area contributed by atoms with Crippen LogP contribution in [0.5, 0.6) is 5.75 Å². The van der Waals surface area contributed by atoms with Gasteiger partial charge in [0.15, 0.2) is 6.61 Å². The fraction of sp³-hybridized carbons (Fsp3) is 0.500. The summed E-state index contributed by atoms with van der Waals surface area (Å²) in [5.41, 5.74) is 6.22. The number of nitrogens with two attached hydrogens (primary N) is 1. The van der Waals surface area contributed by atoms with Gasteiger partial charge in [0.1, 0.15) is 5.75 Å². The highest BCUT2D eigenvalue weighted by Gasteiger charge is 2.24. The van der Waals surface area contributed by atoms with Gasteiger partial charge in [0, 0.05) is 0 Å². The molecule has 5 nitrogen and oxygen atoms in total. The molecule has 4 N–H and O–H groups in total. The number of aliphatic hydroxyl groups excluding tert-OH is 1. The Balaban J connectivity index is 1.80. The summed E-state index contributed by atoms with van der Waals surface area (Å²) < 4.78 is 5.36. The first kappa shape index (κ1) is 13.7. The van der Waals surface area contributed by atoms with Crippen molar-refractivity contribution in [3.8, 4) is 5.75 Å². The summed E-state index contributed by atoms with van der Waals surface area (Å²) >= 11 is 0. The minimum Gasteiger partial charge on any atom is -0.482 e. The Bertz CT molecular complexity index is 436. The monoisotopic (exact) mass is 264 g/mol. The minimum absolute atomic E-state index is 0.0859. The number of nitrogens with one attached hydrogen (secondary N) is 1. The van der Waals surface area contributed by atoms with E-state index in [9.17, 15) is 9.90 Å². The largest absolute Gasteiger partial charge is 0.482 e. The molecule has 2 atom stereocenters.